The number of hydrogen-bond acceptors (Lipinski definition) is 1. The van der Waals surface area contributed by atoms with Crippen LogP contribution in [0, 0.1) is 17.8 Å². The van der Waals surface area contributed by atoms with Crippen LogP contribution in [0.4, 0.5) is 10.5 Å². The highest BCUT2D eigenvalue weighted by molar-refractivity contribution is 5.89. The maximum absolute atomic E-state index is 12.8. The molecule has 1 fully saturated rings. The smallest absolute Gasteiger partial charge is 0.321 e. The third-order valence-electron chi connectivity index (χ3n) is 5.77. The maximum atomic E-state index is 12.8. The van der Waals surface area contributed by atoms with E-state index in [4.69, 9.17) is 0 Å². The lowest BCUT2D eigenvalue weighted by molar-refractivity contribution is 0.194. The first-order chi connectivity index (χ1) is 12.1. The lowest BCUT2D eigenvalue weighted by atomic mass is 9.93. The van der Waals surface area contributed by atoms with Crippen molar-refractivity contribution >= 4 is 11.7 Å². The average molecular weight is 341 g/mol. The Kier molecular flexibility index (Phi) is 5.82. The molecule has 0 aromatic heterocycles. The zero-order valence-electron chi connectivity index (χ0n) is 15.9. The van der Waals surface area contributed by atoms with Gasteiger partial charge in [0.15, 0.2) is 0 Å². The van der Waals surface area contributed by atoms with Gasteiger partial charge in [-0.15, -0.1) is 0 Å². The van der Waals surface area contributed by atoms with Crippen molar-refractivity contribution < 1.29 is 4.79 Å². The number of unbranched alkanes of at least 4 members (excludes halogenated alkanes) is 1. The van der Waals surface area contributed by atoms with Crippen LogP contribution in [-0.2, 0) is 0 Å². The van der Waals surface area contributed by atoms with Crippen LogP contribution in [0.2, 0.25) is 0 Å². The van der Waals surface area contributed by atoms with Gasteiger partial charge in [0.1, 0.15) is 0 Å². The van der Waals surface area contributed by atoms with Crippen LogP contribution in [-0.4, -0.2) is 24.0 Å². The topological polar surface area (TPSA) is 32.3 Å². The fraction of sp³-hybridized carbons (Fsp3) is 0.591. The van der Waals surface area contributed by atoms with Gasteiger partial charge in [0.05, 0.1) is 0 Å². The Hall–Kier alpha value is -1.77. The van der Waals surface area contributed by atoms with E-state index in [-0.39, 0.29) is 6.03 Å². The van der Waals surface area contributed by atoms with Crippen molar-refractivity contribution in [1.29, 1.82) is 0 Å². The zero-order valence-corrected chi connectivity index (χ0v) is 15.9. The largest absolute Gasteiger partial charge is 0.324 e. The molecule has 1 saturated carbocycles. The predicted molar refractivity (Wildman–Crippen MR) is 105 cm³/mol. The van der Waals surface area contributed by atoms with Crippen LogP contribution in [0.25, 0.3) is 0 Å². The molecule has 136 valence electrons. The van der Waals surface area contributed by atoms with E-state index in [2.05, 4.69) is 50.4 Å². The SMILES string of the molecule is CCCCN(CC1CC2C=CC1C2)C(=O)Nc1ccc(C(C)C)cc1. The molecule has 3 nitrogen and oxygen atoms in total. The normalized spacial score (nSPS) is 24.1. The molecule has 2 amide bonds. The number of carbonyl (C=O) groups is 1. The minimum atomic E-state index is 0.0532. The Balaban J connectivity index is 1.61. The summed E-state index contributed by atoms with van der Waals surface area (Å²) in [5.74, 6) is 2.60. The van der Waals surface area contributed by atoms with Gasteiger partial charge in [0.2, 0.25) is 0 Å². The number of rotatable bonds is 7. The second-order valence-electron chi connectivity index (χ2n) is 8.05. The summed E-state index contributed by atoms with van der Waals surface area (Å²) in [4.78, 5) is 14.9. The van der Waals surface area contributed by atoms with Crippen molar-refractivity contribution in [2.75, 3.05) is 18.4 Å². The summed E-state index contributed by atoms with van der Waals surface area (Å²) in [7, 11) is 0. The second kappa shape index (κ2) is 8.07. The first-order valence-corrected chi connectivity index (χ1v) is 9.91. The summed E-state index contributed by atoms with van der Waals surface area (Å²) in [6, 6.07) is 8.31. The van der Waals surface area contributed by atoms with Crippen LogP contribution in [0.5, 0.6) is 0 Å². The summed E-state index contributed by atoms with van der Waals surface area (Å²) in [5.41, 5.74) is 2.19. The van der Waals surface area contributed by atoms with Crippen LogP contribution in [0.3, 0.4) is 0 Å². The molecule has 25 heavy (non-hydrogen) atoms. The number of hydrogen-bond donors (Lipinski definition) is 1. The monoisotopic (exact) mass is 340 g/mol. The fourth-order valence-electron chi connectivity index (χ4n) is 4.17. The first-order valence-electron chi connectivity index (χ1n) is 9.91. The summed E-state index contributed by atoms with van der Waals surface area (Å²) < 4.78 is 0. The summed E-state index contributed by atoms with van der Waals surface area (Å²) in [5, 5.41) is 3.10. The molecule has 2 aliphatic rings. The van der Waals surface area contributed by atoms with E-state index >= 15 is 0 Å². The number of nitrogens with zero attached hydrogens (tertiary/aromatic N) is 1. The first kappa shape index (κ1) is 18.0. The number of carbonyl (C=O) groups excluding carboxylic acids is 1. The number of amides is 2. The molecule has 3 atom stereocenters. The molecule has 0 saturated heterocycles. The predicted octanol–water partition coefficient (Wildman–Crippen LogP) is 5.66. The zero-order chi connectivity index (χ0) is 17.8. The van der Waals surface area contributed by atoms with E-state index in [1.807, 2.05) is 17.0 Å². The summed E-state index contributed by atoms with van der Waals surface area (Å²) in [6.45, 7) is 8.29. The molecule has 1 N–H and O–H groups in total. The van der Waals surface area contributed by atoms with Crippen LogP contribution < -0.4 is 5.32 Å². The molecule has 0 radical (unpaired) electrons. The van der Waals surface area contributed by atoms with Crippen molar-refractivity contribution in [3.63, 3.8) is 0 Å². The number of allylic oxidation sites excluding steroid dienone is 2. The summed E-state index contributed by atoms with van der Waals surface area (Å²) in [6.07, 6.45) is 9.47. The van der Waals surface area contributed by atoms with Crippen LogP contribution >= 0.6 is 0 Å². The highest BCUT2D eigenvalue weighted by Gasteiger charge is 2.37. The van der Waals surface area contributed by atoms with Gasteiger partial charge in [0, 0.05) is 18.8 Å². The molecular formula is C22H32N2O. The molecule has 0 spiro atoms. The van der Waals surface area contributed by atoms with E-state index in [0.717, 1.165) is 37.5 Å². The van der Waals surface area contributed by atoms with E-state index in [0.29, 0.717) is 17.8 Å². The number of nitrogens with one attached hydrogen (secondary N) is 1. The molecule has 0 aliphatic heterocycles. The molecule has 2 bridgehead atoms. The number of fused-ring (bicyclic) bond motifs is 2. The van der Waals surface area contributed by atoms with Crippen molar-refractivity contribution in [3.05, 3.63) is 42.0 Å². The lowest BCUT2D eigenvalue weighted by Crippen LogP contribution is -2.40. The van der Waals surface area contributed by atoms with Gasteiger partial charge in [-0.1, -0.05) is 51.5 Å². The molecule has 1 aromatic carbocycles. The van der Waals surface area contributed by atoms with Crippen molar-refractivity contribution in [2.45, 2.75) is 52.4 Å². The Morgan fingerprint density at radius 1 is 1.20 bits per heavy atom. The van der Waals surface area contributed by atoms with E-state index < -0.39 is 0 Å². The molecule has 0 heterocycles. The standard InChI is InChI=1S/C22H32N2O/c1-4-5-12-24(15-20-14-17-6-7-19(20)13-17)22(25)23-21-10-8-18(9-11-21)16(2)3/h6-11,16-17,19-20H,4-5,12-15H2,1-3H3,(H,23,25). The van der Waals surface area contributed by atoms with Gasteiger partial charge in [-0.3, -0.25) is 0 Å². The summed E-state index contributed by atoms with van der Waals surface area (Å²) >= 11 is 0. The van der Waals surface area contributed by atoms with Crippen molar-refractivity contribution in [3.8, 4) is 0 Å². The number of benzene rings is 1. The number of anilines is 1. The van der Waals surface area contributed by atoms with Gasteiger partial charge in [-0.05, 0) is 60.6 Å². The molecule has 3 rings (SSSR count). The molecule has 2 aliphatic carbocycles. The minimum Gasteiger partial charge on any atom is -0.324 e. The molecule has 3 unspecified atom stereocenters. The van der Waals surface area contributed by atoms with Crippen molar-refractivity contribution in [1.82, 2.24) is 4.90 Å². The van der Waals surface area contributed by atoms with Gasteiger partial charge in [-0.25, -0.2) is 4.79 Å². The van der Waals surface area contributed by atoms with E-state index in [9.17, 15) is 4.79 Å². The Morgan fingerprint density at radius 3 is 2.52 bits per heavy atom. The van der Waals surface area contributed by atoms with Crippen molar-refractivity contribution in [2.24, 2.45) is 17.8 Å². The van der Waals surface area contributed by atoms with Gasteiger partial charge < -0.3 is 10.2 Å². The fourth-order valence-corrected chi connectivity index (χ4v) is 4.17. The number of urea groups is 1. The van der Waals surface area contributed by atoms with Gasteiger partial charge in [-0.2, -0.15) is 0 Å². The second-order valence-corrected chi connectivity index (χ2v) is 8.05. The highest BCUT2D eigenvalue weighted by atomic mass is 16.2. The minimum absolute atomic E-state index is 0.0532. The molecular weight excluding hydrogens is 308 g/mol. The Bertz CT molecular complexity index is 605. The quantitative estimate of drug-likeness (QED) is 0.639. The lowest BCUT2D eigenvalue weighted by Gasteiger charge is -2.29. The maximum Gasteiger partial charge on any atom is 0.321 e. The molecule has 3 heteroatoms. The Labute approximate surface area is 152 Å². The van der Waals surface area contributed by atoms with E-state index in [1.54, 1.807) is 0 Å². The Morgan fingerprint density at radius 2 is 1.96 bits per heavy atom. The van der Waals surface area contributed by atoms with Gasteiger partial charge in [0.25, 0.3) is 0 Å². The molecule has 1 aromatic rings. The van der Waals surface area contributed by atoms with Crippen LogP contribution in [0.1, 0.15) is 57.9 Å². The van der Waals surface area contributed by atoms with Crippen LogP contribution in [0.15, 0.2) is 36.4 Å². The third-order valence-corrected chi connectivity index (χ3v) is 5.77. The average Bonchev–Trinajstić information content (AvgIpc) is 3.21. The van der Waals surface area contributed by atoms with Gasteiger partial charge >= 0.3 is 6.03 Å². The third kappa shape index (κ3) is 4.45. The highest BCUT2D eigenvalue weighted by Crippen LogP contribution is 2.43. The van der Waals surface area contributed by atoms with E-state index in [1.165, 1.54) is 18.4 Å².